The second kappa shape index (κ2) is 8.36. The molecule has 1 aromatic rings. The van der Waals surface area contributed by atoms with Gasteiger partial charge in [0.15, 0.2) is 0 Å². The molecule has 2 N–H and O–H groups in total. The van der Waals surface area contributed by atoms with Crippen LogP contribution < -0.4 is 10.5 Å². The third kappa shape index (κ3) is 5.13. The van der Waals surface area contributed by atoms with Crippen molar-refractivity contribution in [3.8, 4) is 5.75 Å². The van der Waals surface area contributed by atoms with Gasteiger partial charge in [0, 0.05) is 25.1 Å². The number of benzene rings is 1. The fourth-order valence-electron chi connectivity index (χ4n) is 2.55. The van der Waals surface area contributed by atoms with E-state index in [-0.39, 0.29) is 17.7 Å². The maximum absolute atomic E-state index is 12.2. The van der Waals surface area contributed by atoms with Crippen molar-refractivity contribution in [1.29, 1.82) is 0 Å². The SMILES string of the molecule is CCCOc1ccc(/C=C/C(=O)N2CCC(C(N)=O)CC2)cc1. The van der Waals surface area contributed by atoms with Crippen molar-refractivity contribution >= 4 is 17.9 Å². The summed E-state index contributed by atoms with van der Waals surface area (Å²) in [6.45, 7) is 3.94. The molecule has 1 fully saturated rings. The van der Waals surface area contributed by atoms with Crippen LogP contribution in [0.4, 0.5) is 0 Å². The molecule has 1 aromatic carbocycles. The summed E-state index contributed by atoms with van der Waals surface area (Å²) >= 11 is 0. The van der Waals surface area contributed by atoms with E-state index in [4.69, 9.17) is 10.5 Å². The molecule has 5 nitrogen and oxygen atoms in total. The van der Waals surface area contributed by atoms with Crippen LogP contribution in [0.15, 0.2) is 30.3 Å². The second-order valence-corrected chi connectivity index (χ2v) is 5.75. The predicted molar refractivity (Wildman–Crippen MR) is 89.8 cm³/mol. The van der Waals surface area contributed by atoms with Crippen molar-refractivity contribution in [3.63, 3.8) is 0 Å². The summed E-state index contributed by atoms with van der Waals surface area (Å²) in [5.41, 5.74) is 6.25. The van der Waals surface area contributed by atoms with Crippen molar-refractivity contribution in [1.82, 2.24) is 4.90 Å². The highest BCUT2D eigenvalue weighted by molar-refractivity contribution is 5.92. The van der Waals surface area contributed by atoms with Gasteiger partial charge in [-0.2, -0.15) is 0 Å². The third-order valence-electron chi connectivity index (χ3n) is 3.98. The van der Waals surface area contributed by atoms with E-state index in [2.05, 4.69) is 6.92 Å². The summed E-state index contributed by atoms with van der Waals surface area (Å²) in [4.78, 5) is 25.0. The van der Waals surface area contributed by atoms with Crippen LogP contribution in [-0.2, 0) is 9.59 Å². The van der Waals surface area contributed by atoms with Crippen LogP contribution in [0.25, 0.3) is 6.08 Å². The Hall–Kier alpha value is -2.30. The third-order valence-corrected chi connectivity index (χ3v) is 3.98. The number of primary amides is 1. The van der Waals surface area contributed by atoms with Crippen LogP contribution in [0.1, 0.15) is 31.7 Å². The van der Waals surface area contributed by atoms with Gasteiger partial charge < -0.3 is 15.4 Å². The molecule has 2 rings (SSSR count). The number of rotatable bonds is 6. The number of carbonyl (C=O) groups is 2. The quantitative estimate of drug-likeness (QED) is 0.818. The van der Waals surface area contributed by atoms with Crippen LogP contribution >= 0.6 is 0 Å². The number of ether oxygens (including phenoxy) is 1. The molecule has 0 aliphatic carbocycles. The largest absolute Gasteiger partial charge is 0.494 e. The van der Waals surface area contributed by atoms with Crippen LogP contribution in [0.2, 0.25) is 0 Å². The lowest BCUT2D eigenvalue weighted by Gasteiger charge is -2.29. The lowest BCUT2D eigenvalue weighted by molar-refractivity contribution is -0.130. The van der Waals surface area contributed by atoms with Crippen LogP contribution in [-0.4, -0.2) is 36.4 Å². The van der Waals surface area contributed by atoms with Gasteiger partial charge in [-0.05, 0) is 43.0 Å². The first-order chi connectivity index (χ1) is 11.1. The molecule has 0 atom stereocenters. The predicted octanol–water partition coefficient (Wildman–Crippen LogP) is 2.21. The number of carbonyl (C=O) groups excluding carboxylic acids is 2. The lowest BCUT2D eigenvalue weighted by atomic mass is 9.96. The van der Waals surface area contributed by atoms with Crippen LogP contribution in [0.3, 0.4) is 0 Å². The number of nitrogens with two attached hydrogens (primary N) is 1. The number of hydrogen-bond acceptors (Lipinski definition) is 3. The molecule has 0 radical (unpaired) electrons. The minimum absolute atomic E-state index is 0.0285. The van der Waals surface area contributed by atoms with Crippen molar-refractivity contribution in [2.24, 2.45) is 11.7 Å². The van der Waals surface area contributed by atoms with E-state index in [1.165, 1.54) is 0 Å². The standard InChI is InChI=1S/C18H24N2O3/c1-2-13-23-16-6-3-14(4-7-16)5-8-17(21)20-11-9-15(10-12-20)18(19)22/h3-8,15H,2,9-13H2,1H3,(H2,19,22)/b8-5+. The molecule has 1 aliphatic heterocycles. The van der Waals surface area contributed by atoms with E-state index in [0.29, 0.717) is 32.5 Å². The molecule has 1 aliphatic rings. The van der Waals surface area contributed by atoms with Gasteiger partial charge in [-0.25, -0.2) is 0 Å². The molecule has 1 heterocycles. The van der Waals surface area contributed by atoms with Gasteiger partial charge in [0.2, 0.25) is 11.8 Å². The van der Waals surface area contributed by atoms with Gasteiger partial charge in [-0.15, -0.1) is 0 Å². The molecule has 23 heavy (non-hydrogen) atoms. The zero-order valence-electron chi connectivity index (χ0n) is 13.5. The molecular weight excluding hydrogens is 292 g/mol. The van der Waals surface area contributed by atoms with E-state index >= 15 is 0 Å². The van der Waals surface area contributed by atoms with Crippen molar-refractivity contribution in [2.45, 2.75) is 26.2 Å². The molecule has 124 valence electrons. The maximum Gasteiger partial charge on any atom is 0.246 e. The van der Waals surface area contributed by atoms with Crippen LogP contribution in [0, 0.1) is 5.92 Å². The minimum Gasteiger partial charge on any atom is -0.494 e. The molecule has 2 amide bonds. The van der Waals surface area contributed by atoms with Gasteiger partial charge in [0.05, 0.1) is 6.61 Å². The van der Waals surface area contributed by atoms with Crippen molar-refractivity contribution < 1.29 is 14.3 Å². The Morgan fingerprint density at radius 1 is 1.26 bits per heavy atom. The summed E-state index contributed by atoms with van der Waals surface area (Å²) in [6, 6.07) is 7.65. The second-order valence-electron chi connectivity index (χ2n) is 5.75. The summed E-state index contributed by atoms with van der Waals surface area (Å²) in [7, 11) is 0. The van der Waals surface area contributed by atoms with E-state index in [1.54, 1.807) is 17.1 Å². The Bertz CT molecular complexity index is 558. The minimum atomic E-state index is -0.266. The molecule has 1 saturated heterocycles. The fraction of sp³-hybridized carbons (Fsp3) is 0.444. The summed E-state index contributed by atoms with van der Waals surface area (Å²) < 4.78 is 5.52. The van der Waals surface area contributed by atoms with Gasteiger partial charge in [-0.1, -0.05) is 19.1 Å². The lowest BCUT2D eigenvalue weighted by Crippen LogP contribution is -2.41. The monoisotopic (exact) mass is 316 g/mol. The highest BCUT2D eigenvalue weighted by Gasteiger charge is 2.24. The zero-order valence-corrected chi connectivity index (χ0v) is 13.5. The maximum atomic E-state index is 12.2. The summed E-state index contributed by atoms with van der Waals surface area (Å²) in [5.74, 6) is 0.444. The van der Waals surface area contributed by atoms with E-state index in [9.17, 15) is 9.59 Å². The first-order valence-electron chi connectivity index (χ1n) is 8.09. The number of nitrogens with zero attached hydrogens (tertiary/aromatic N) is 1. The van der Waals surface area contributed by atoms with Crippen molar-refractivity contribution in [2.75, 3.05) is 19.7 Å². The number of hydrogen-bond donors (Lipinski definition) is 1. The Labute approximate surface area is 137 Å². The highest BCUT2D eigenvalue weighted by Crippen LogP contribution is 2.17. The molecule has 0 bridgehead atoms. The van der Waals surface area contributed by atoms with Gasteiger partial charge in [0.1, 0.15) is 5.75 Å². The number of likely N-dealkylation sites (tertiary alicyclic amines) is 1. The first-order valence-corrected chi connectivity index (χ1v) is 8.09. The summed E-state index contributed by atoms with van der Waals surface area (Å²) in [6.07, 6.45) is 5.65. The van der Waals surface area contributed by atoms with Gasteiger partial charge >= 0.3 is 0 Å². The molecule has 0 unspecified atom stereocenters. The van der Waals surface area contributed by atoms with E-state index in [0.717, 1.165) is 17.7 Å². The Morgan fingerprint density at radius 2 is 1.91 bits per heavy atom. The van der Waals surface area contributed by atoms with Gasteiger partial charge in [-0.3, -0.25) is 9.59 Å². The summed E-state index contributed by atoms with van der Waals surface area (Å²) in [5, 5.41) is 0. The fourth-order valence-corrected chi connectivity index (χ4v) is 2.55. The topological polar surface area (TPSA) is 72.6 Å². The Kier molecular flexibility index (Phi) is 6.20. The normalized spacial score (nSPS) is 15.8. The number of piperidine rings is 1. The number of amides is 2. The van der Waals surface area contributed by atoms with Gasteiger partial charge in [0.25, 0.3) is 0 Å². The van der Waals surface area contributed by atoms with E-state index in [1.807, 2.05) is 24.3 Å². The highest BCUT2D eigenvalue weighted by atomic mass is 16.5. The zero-order chi connectivity index (χ0) is 16.7. The molecule has 0 aromatic heterocycles. The molecular formula is C18H24N2O3. The smallest absolute Gasteiger partial charge is 0.246 e. The Balaban J connectivity index is 1.85. The van der Waals surface area contributed by atoms with E-state index < -0.39 is 0 Å². The molecule has 0 saturated carbocycles. The average Bonchev–Trinajstić information content (AvgIpc) is 2.58. The molecule has 5 heteroatoms. The molecule has 0 spiro atoms. The first kappa shape index (κ1) is 17.1. The van der Waals surface area contributed by atoms with Crippen LogP contribution in [0.5, 0.6) is 5.75 Å². The van der Waals surface area contributed by atoms with Crippen molar-refractivity contribution in [3.05, 3.63) is 35.9 Å². The Morgan fingerprint density at radius 3 is 2.48 bits per heavy atom. The average molecular weight is 316 g/mol.